The number of benzene rings is 2. The fourth-order valence-corrected chi connectivity index (χ4v) is 3.54. The van der Waals surface area contributed by atoms with E-state index in [0.717, 1.165) is 16.7 Å². The van der Waals surface area contributed by atoms with Gasteiger partial charge >= 0.3 is 5.69 Å². The molecule has 7 heteroatoms. The van der Waals surface area contributed by atoms with Gasteiger partial charge in [-0.15, -0.1) is 0 Å². The largest absolute Gasteiger partial charge is 0.350 e. The molecule has 2 aromatic heterocycles. The van der Waals surface area contributed by atoms with Crippen molar-refractivity contribution in [1.82, 2.24) is 19.4 Å². The Morgan fingerprint density at radius 3 is 2.55 bits per heavy atom. The van der Waals surface area contributed by atoms with Crippen LogP contribution in [0.3, 0.4) is 0 Å². The van der Waals surface area contributed by atoms with Crippen LogP contribution >= 0.6 is 0 Å². The highest BCUT2D eigenvalue weighted by Crippen LogP contribution is 2.13. The van der Waals surface area contributed by atoms with Gasteiger partial charge in [0.05, 0.1) is 12.1 Å². The third-order valence-electron chi connectivity index (χ3n) is 5.42. The fourth-order valence-electron chi connectivity index (χ4n) is 3.54. The van der Waals surface area contributed by atoms with Crippen molar-refractivity contribution in [2.24, 2.45) is 0 Å². The average Bonchev–Trinajstić information content (AvgIpc) is 3.03. The van der Waals surface area contributed by atoms with Crippen LogP contribution in [0.4, 0.5) is 4.39 Å². The molecule has 0 unspecified atom stereocenters. The molecule has 0 saturated carbocycles. The lowest BCUT2D eigenvalue weighted by molar-refractivity contribution is 0.0952. The first-order valence-corrected chi connectivity index (χ1v) is 10.1. The van der Waals surface area contributed by atoms with Gasteiger partial charge in [0.1, 0.15) is 5.82 Å². The third kappa shape index (κ3) is 4.26. The van der Waals surface area contributed by atoms with Crippen LogP contribution in [0.15, 0.2) is 65.6 Å². The summed E-state index contributed by atoms with van der Waals surface area (Å²) in [7, 11) is 0. The van der Waals surface area contributed by atoms with Crippen molar-refractivity contribution in [3.63, 3.8) is 0 Å². The van der Waals surface area contributed by atoms with Crippen LogP contribution in [0, 0.1) is 19.7 Å². The molecule has 31 heavy (non-hydrogen) atoms. The third-order valence-corrected chi connectivity index (χ3v) is 5.42. The Kier molecular flexibility index (Phi) is 5.66. The van der Waals surface area contributed by atoms with Crippen LogP contribution in [-0.4, -0.2) is 26.6 Å². The number of amides is 1. The first-order chi connectivity index (χ1) is 14.9. The number of aromatic nitrogens is 3. The summed E-state index contributed by atoms with van der Waals surface area (Å²) in [5, 5.41) is 2.87. The van der Waals surface area contributed by atoms with Crippen LogP contribution in [0.1, 0.15) is 27.0 Å². The minimum atomic E-state index is -0.320. The summed E-state index contributed by atoms with van der Waals surface area (Å²) >= 11 is 0. The summed E-state index contributed by atoms with van der Waals surface area (Å²) in [6, 6.07) is 15.2. The molecule has 0 aliphatic carbocycles. The van der Waals surface area contributed by atoms with E-state index in [1.165, 1.54) is 12.1 Å². The predicted octanol–water partition coefficient (Wildman–Crippen LogP) is 3.43. The first-order valence-electron chi connectivity index (χ1n) is 10.1. The van der Waals surface area contributed by atoms with Crippen LogP contribution in [0.2, 0.25) is 0 Å². The normalized spacial score (nSPS) is 11.1. The van der Waals surface area contributed by atoms with Crippen LogP contribution in [0.5, 0.6) is 0 Å². The van der Waals surface area contributed by atoms with Gasteiger partial charge in [-0.2, -0.15) is 0 Å². The van der Waals surface area contributed by atoms with Crippen molar-refractivity contribution in [2.75, 3.05) is 6.54 Å². The lowest BCUT2D eigenvalue weighted by Crippen LogP contribution is -2.32. The number of fused-ring (bicyclic) bond motifs is 1. The summed E-state index contributed by atoms with van der Waals surface area (Å²) in [5.74, 6) is -0.501. The zero-order valence-corrected chi connectivity index (χ0v) is 17.4. The minimum absolute atomic E-state index is 0.181. The molecule has 0 saturated heterocycles. The van der Waals surface area contributed by atoms with Gasteiger partial charge in [0, 0.05) is 24.8 Å². The highest BCUT2D eigenvalue weighted by molar-refractivity contribution is 5.94. The Bertz CT molecular complexity index is 1310. The number of pyridine rings is 1. The van der Waals surface area contributed by atoms with Crippen LogP contribution in [-0.2, 0) is 13.1 Å². The molecule has 1 amide bonds. The number of aryl methyl sites for hydroxylation is 2. The number of carbonyl (C=O) groups excluding carboxylic acids is 1. The molecular weight excluding hydrogens is 395 g/mol. The van der Waals surface area contributed by atoms with Gasteiger partial charge in [-0.05, 0) is 66.9 Å². The van der Waals surface area contributed by atoms with Crippen molar-refractivity contribution in [3.8, 4) is 0 Å². The van der Waals surface area contributed by atoms with Crippen molar-refractivity contribution in [2.45, 2.75) is 26.9 Å². The maximum absolute atomic E-state index is 13.2. The van der Waals surface area contributed by atoms with E-state index >= 15 is 0 Å². The zero-order valence-electron chi connectivity index (χ0n) is 17.4. The predicted molar refractivity (Wildman–Crippen MR) is 118 cm³/mol. The van der Waals surface area contributed by atoms with E-state index in [0.29, 0.717) is 29.8 Å². The fraction of sp³-hybridized carbons (Fsp3) is 0.208. The molecule has 4 aromatic rings. The van der Waals surface area contributed by atoms with Gasteiger partial charge in [0.2, 0.25) is 0 Å². The molecule has 6 nitrogen and oxygen atoms in total. The Labute approximate surface area is 179 Å². The molecule has 0 atom stereocenters. The Morgan fingerprint density at radius 1 is 1.03 bits per heavy atom. The standard InChI is InChI=1S/C24H23FN4O2/c1-16-5-8-19(14-17(16)2)23(30)27-12-13-28-22-21(4-3-11-26-22)29(24(28)31)15-18-6-9-20(25)10-7-18/h3-11,14H,12-13,15H2,1-2H3,(H,27,30). The molecule has 0 fully saturated rings. The van der Waals surface area contributed by atoms with Gasteiger partial charge in [-0.3, -0.25) is 13.9 Å². The number of carbonyl (C=O) groups is 1. The molecule has 0 aliphatic rings. The van der Waals surface area contributed by atoms with Gasteiger partial charge in [-0.1, -0.05) is 18.2 Å². The van der Waals surface area contributed by atoms with E-state index in [-0.39, 0.29) is 24.0 Å². The summed E-state index contributed by atoms with van der Waals surface area (Å²) in [4.78, 5) is 29.9. The monoisotopic (exact) mass is 418 g/mol. The summed E-state index contributed by atoms with van der Waals surface area (Å²) in [6.45, 7) is 4.85. The average molecular weight is 418 g/mol. The molecule has 2 aromatic carbocycles. The van der Waals surface area contributed by atoms with Crippen LogP contribution in [0.25, 0.3) is 11.2 Å². The van der Waals surface area contributed by atoms with Gasteiger partial charge in [0.15, 0.2) is 5.65 Å². The Balaban J connectivity index is 1.54. The molecule has 0 aliphatic heterocycles. The maximum Gasteiger partial charge on any atom is 0.330 e. The number of nitrogens with one attached hydrogen (secondary N) is 1. The SMILES string of the molecule is Cc1ccc(C(=O)NCCn2c(=O)n(Cc3ccc(F)cc3)c3cccnc32)cc1C. The summed E-state index contributed by atoms with van der Waals surface area (Å²) in [6.07, 6.45) is 1.63. The Morgan fingerprint density at radius 2 is 1.81 bits per heavy atom. The molecule has 1 N–H and O–H groups in total. The van der Waals surface area contributed by atoms with E-state index < -0.39 is 0 Å². The smallest absolute Gasteiger partial charge is 0.330 e. The van der Waals surface area contributed by atoms with Crippen LogP contribution < -0.4 is 11.0 Å². The highest BCUT2D eigenvalue weighted by Gasteiger charge is 2.15. The second-order valence-corrected chi connectivity index (χ2v) is 7.55. The molecule has 0 radical (unpaired) electrons. The summed E-state index contributed by atoms with van der Waals surface area (Å²) in [5.41, 5.74) is 4.60. The quantitative estimate of drug-likeness (QED) is 0.522. The number of hydrogen-bond donors (Lipinski definition) is 1. The van der Waals surface area contributed by atoms with E-state index in [2.05, 4.69) is 10.3 Å². The number of nitrogens with zero attached hydrogens (tertiary/aromatic N) is 3. The summed E-state index contributed by atoms with van der Waals surface area (Å²) < 4.78 is 16.4. The molecule has 2 heterocycles. The van der Waals surface area contributed by atoms with Crippen molar-refractivity contribution >= 4 is 17.1 Å². The lowest BCUT2D eigenvalue weighted by Gasteiger charge is -2.08. The van der Waals surface area contributed by atoms with Gasteiger partial charge in [0.25, 0.3) is 5.91 Å². The van der Waals surface area contributed by atoms with Crippen molar-refractivity contribution in [1.29, 1.82) is 0 Å². The van der Waals surface area contributed by atoms with E-state index in [4.69, 9.17) is 0 Å². The second kappa shape index (κ2) is 8.55. The second-order valence-electron chi connectivity index (χ2n) is 7.55. The van der Waals surface area contributed by atoms with E-state index in [1.54, 1.807) is 39.6 Å². The van der Waals surface area contributed by atoms with Crippen molar-refractivity contribution in [3.05, 3.63) is 99.3 Å². The van der Waals surface area contributed by atoms with Gasteiger partial charge in [-0.25, -0.2) is 14.2 Å². The molecule has 158 valence electrons. The molecular formula is C24H23FN4O2. The molecule has 0 bridgehead atoms. The van der Waals surface area contributed by atoms with E-state index in [9.17, 15) is 14.0 Å². The topological polar surface area (TPSA) is 68.9 Å². The number of imidazole rings is 1. The molecule has 4 rings (SSSR count). The van der Waals surface area contributed by atoms with Crippen molar-refractivity contribution < 1.29 is 9.18 Å². The lowest BCUT2D eigenvalue weighted by atomic mass is 10.1. The number of rotatable bonds is 6. The van der Waals surface area contributed by atoms with Gasteiger partial charge < -0.3 is 5.32 Å². The number of halogens is 1. The number of hydrogen-bond acceptors (Lipinski definition) is 3. The Hall–Kier alpha value is -3.74. The highest BCUT2D eigenvalue weighted by atomic mass is 19.1. The zero-order chi connectivity index (χ0) is 22.0. The first kappa shape index (κ1) is 20.5. The van der Waals surface area contributed by atoms with E-state index in [1.807, 2.05) is 32.0 Å². The maximum atomic E-state index is 13.2. The molecule has 0 spiro atoms. The minimum Gasteiger partial charge on any atom is -0.350 e.